The molecule has 6 heteroatoms. The molecule has 3 heterocycles. The van der Waals surface area contributed by atoms with Crippen molar-refractivity contribution < 1.29 is 9.53 Å². The van der Waals surface area contributed by atoms with Crippen LogP contribution in [0.2, 0.25) is 0 Å². The van der Waals surface area contributed by atoms with Gasteiger partial charge in [-0.05, 0) is 67.6 Å². The van der Waals surface area contributed by atoms with Crippen molar-refractivity contribution in [3.63, 3.8) is 0 Å². The molecular formula is C19H26BrN3O2. The minimum Gasteiger partial charge on any atom is -0.444 e. The van der Waals surface area contributed by atoms with Crippen LogP contribution in [-0.4, -0.2) is 39.2 Å². The Morgan fingerprint density at radius 2 is 2.04 bits per heavy atom. The van der Waals surface area contributed by atoms with Gasteiger partial charge in [-0.3, -0.25) is 0 Å². The second kappa shape index (κ2) is 6.98. The summed E-state index contributed by atoms with van der Waals surface area (Å²) >= 11 is 3.52. The summed E-state index contributed by atoms with van der Waals surface area (Å²) in [6.07, 6.45) is 6.71. The van der Waals surface area contributed by atoms with Gasteiger partial charge in [0.05, 0.1) is 0 Å². The number of pyridine rings is 1. The van der Waals surface area contributed by atoms with Crippen molar-refractivity contribution in [3.05, 3.63) is 28.5 Å². The van der Waals surface area contributed by atoms with Gasteiger partial charge in [0.1, 0.15) is 11.2 Å². The van der Waals surface area contributed by atoms with Gasteiger partial charge >= 0.3 is 6.09 Å². The van der Waals surface area contributed by atoms with Crippen molar-refractivity contribution in [1.82, 2.24) is 14.5 Å². The number of carbonyl (C=O) groups is 1. The first-order valence-corrected chi connectivity index (χ1v) is 9.70. The highest BCUT2D eigenvalue weighted by molar-refractivity contribution is 9.10. The Labute approximate surface area is 157 Å². The van der Waals surface area contributed by atoms with Gasteiger partial charge in [-0.2, -0.15) is 0 Å². The zero-order valence-electron chi connectivity index (χ0n) is 15.4. The summed E-state index contributed by atoms with van der Waals surface area (Å²) in [5, 5.41) is 1.21. The van der Waals surface area contributed by atoms with Gasteiger partial charge in [0.25, 0.3) is 0 Å². The summed E-state index contributed by atoms with van der Waals surface area (Å²) < 4.78 is 8.79. The Morgan fingerprint density at radius 3 is 2.64 bits per heavy atom. The van der Waals surface area contributed by atoms with E-state index in [1.807, 2.05) is 31.9 Å². The van der Waals surface area contributed by atoms with Crippen LogP contribution in [0.4, 0.5) is 4.79 Å². The van der Waals surface area contributed by atoms with E-state index in [-0.39, 0.29) is 6.09 Å². The molecule has 1 aliphatic rings. The number of carbonyl (C=O) groups excluding carboxylic acids is 1. The molecule has 2 aromatic rings. The van der Waals surface area contributed by atoms with Crippen LogP contribution < -0.4 is 0 Å². The number of aryl methyl sites for hydroxylation is 1. The average molecular weight is 408 g/mol. The molecule has 0 bridgehead atoms. The van der Waals surface area contributed by atoms with Gasteiger partial charge in [0, 0.05) is 41.4 Å². The van der Waals surface area contributed by atoms with Crippen molar-refractivity contribution >= 4 is 33.1 Å². The highest BCUT2D eigenvalue weighted by Crippen LogP contribution is 2.31. The molecule has 136 valence electrons. The van der Waals surface area contributed by atoms with Crippen LogP contribution in [0.3, 0.4) is 0 Å². The Hall–Kier alpha value is -1.56. The number of halogens is 1. The number of hydrogen-bond acceptors (Lipinski definition) is 3. The van der Waals surface area contributed by atoms with Gasteiger partial charge < -0.3 is 14.2 Å². The first-order chi connectivity index (χ1) is 11.8. The van der Waals surface area contributed by atoms with Crippen LogP contribution in [0.1, 0.15) is 52.1 Å². The van der Waals surface area contributed by atoms with E-state index in [0.29, 0.717) is 6.04 Å². The second-order valence-electron chi connectivity index (χ2n) is 7.64. The SMILES string of the molecule is CCc1cn(C2CCN(C(=O)OC(C)(C)C)CC2)c2ncc(Br)cc12. The number of likely N-dealkylation sites (tertiary alicyclic amines) is 1. The van der Waals surface area contributed by atoms with E-state index in [1.165, 1.54) is 10.9 Å². The monoisotopic (exact) mass is 407 g/mol. The highest BCUT2D eigenvalue weighted by atomic mass is 79.9. The molecule has 0 aliphatic carbocycles. The van der Waals surface area contributed by atoms with Crippen LogP contribution in [0.5, 0.6) is 0 Å². The summed E-state index contributed by atoms with van der Waals surface area (Å²) in [6.45, 7) is 9.32. The maximum absolute atomic E-state index is 12.2. The molecule has 1 aliphatic heterocycles. The van der Waals surface area contributed by atoms with E-state index in [0.717, 1.165) is 42.5 Å². The third-order valence-corrected chi connectivity index (χ3v) is 5.04. The maximum atomic E-state index is 12.2. The lowest BCUT2D eigenvalue weighted by atomic mass is 10.1. The van der Waals surface area contributed by atoms with E-state index in [9.17, 15) is 4.79 Å². The van der Waals surface area contributed by atoms with E-state index >= 15 is 0 Å². The molecule has 0 saturated carbocycles. The average Bonchev–Trinajstić information content (AvgIpc) is 2.91. The number of hydrogen-bond donors (Lipinski definition) is 0. The molecule has 0 spiro atoms. The van der Waals surface area contributed by atoms with Crippen LogP contribution in [-0.2, 0) is 11.2 Å². The predicted octanol–water partition coefficient (Wildman–Crippen LogP) is 4.93. The molecule has 1 fully saturated rings. The Morgan fingerprint density at radius 1 is 1.36 bits per heavy atom. The molecule has 1 amide bonds. The zero-order valence-corrected chi connectivity index (χ0v) is 17.0. The largest absolute Gasteiger partial charge is 0.444 e. The quantitative estimate of drug-likeness (QED) is 0.708. The molecule has 0 unspecified atom stereocenters. The molecule has 0 atom stereocenters. The fraction of sp³-hybridized carbons (Fsp3) is 0.579. The lowest BCUT2D eigenvalue weighted by molar-refractivity contribution is 0.0189. The van der Waals surface area contributed by atoms with Crippen LogP contribution in [0.25, 0.3) is 11.0 Å². The topological polar surface area (TPSA) is 47.4 Å². The maximum Gasteiger partial charge on any atom is 0.410 e. The van der Waals surface area contributed by atoms with Gasteiger partial charge in [-0.1, -0.05) is 6.92 Å². The smallest absolute Gasteiger partial charge is 0.410 e. The van der Waals surface area contributed by atoms with Crippen LogP contribution in [0, 0.1) is 0 Å². The molecule has 0 aromatic carbocycles. The molecule has 0 radical (unpaired) electrons. The fourth-order valence-electron chi connectivity index (χ4n) is 3.39. The number of fused-ring (bicyclic) bond motifs is 1. The summed E-state index contributed by atoms with van der Waals surface area (Å²) in [6, 6.07) is 2.52. The third-order valence-electron chi connectivity index (χ3n) is 4.61. The predicted molar refractivity (Wildman–Crippen MR) is 103 cm³/mol. The van der Waals surface area contributed by atoms with Crippen LogP contribution in [0.15, 0.2) is 22.9 Å². The minimum absolute atomic E-state index is 0.209. The van der Waals surface area contributed by atoms with E-state index in [2.05, 4.69) is 44.7 Å². The second-order valence-corrected chi connectivity index (χ2v) is 8.55. The van der Waals surface area contributed by atoms with Crippen molar-refractivity contribution in [1.29, 1.82) is 0 Å². The highest BCUT2D eigenvalue weighted by Gasteiger charge is 2.28. The van der Waals surface area contributed by atoms with Crippen molar-refractivity contribution in [3.8, 4) is 0 Å². The number of rotatable bonds is 2. The summed E-state index contributed by atoms with van der Waals surface area (Å²) in [7, 11) is 0. The van der Waals surface area contributed by atoms with Gasteiger partial charge in [0.15, 0.2) is 0 Å². The number of aromatic nitrogens is 2. The number of piperidine rings is 1. The lowest BCUT2D eigenvalue weighted by Gasteiger charge is -2.34. The summed E-state index contributed by atoms with van der Waals surface area (Å²) in [4.78, 5) is 18.7. The Kier molecular flexibility index (Phi) is 5.09. The molecule has 1 saturated heterocycles. The lowest BCUT2D eigenvalue weighted by Crippen LogP contribution is -2.42. The summed E-state index contributed by atoms with van der Waals surface area (Å²) in [5.41, 5.74) is 1.91. The zero-order chi connectivity index (χ0) is 18.2. The molecular weight excluding hydrogens is 382 g/mol. The van der Waals surface area contributed by atoms with Crippen LogP contribution >= 0.6 is 15.9 Å². The van der Waals surface area contributed by atoms with E-state index in [1.54, 1.807) is 0 Å². The number of nitrogens with zero attached hydrogens (tertiary/aromatic N) is 3. The van der Waals surface area contributed by atoms with Crippen molar-refractivity contribution in [2.45, 2.75) is 58.6 Å². The van der Waals surface area contributed by atoms with E-state index < -0.39 is 5.60 Å². The fourth-order valence-corrected chi connectivity index (χ4v) is 3.72. The summed E-state index contributed by atoms with van der Waals surface area (Å²) in [5.74, 6) is 0. The normalized spacial score (nSPS) is 16.4. The minimum atomic E-state index is -0.447. The first kappa shape index (κ1) is 18.2. The first-order valence-electron chi connectivity index (χ1n) is 8.91. The number of amides is 1. The molecule has 25 heavy (non-hydrogen) atoms. The van der Waals surface area contributed by atoms with Gasteiger partial charge in [0.2, 0.25) is 0 Å². The van der Waals surface area contributed by atoms with Gasteiger partial charge in [-0.25, -0.2) is 9.78 Å². The standard InChI is InChI=1S/C19H26BrN3O2/c1-5-13-12-23(17-16(13)10-14(20)11-21-17)15-6-8-22(9-7-15)18(24)25-19(2,3)4/h10-12,15H,5-9H2,1-4H3. The number of ether oxygens (including phenoxy) is 1. The Bertz CT molecular complexity index is 771. The molecule has 5 nitrogen and oxygen atoms in total. The molecule has 3 rings (SSSR count). The van der Waals surface area contributed by atoms with E-state index in [4.69, 9.17) is 4.74 Å². The van der Waals surface area contributed by atoms with Gasteiger partial charge in [-0.15, -0.1) is 0 Å². The third kappa shape index (κ3) is 4.00. The molecule has 0 N–H and O–H groups in total. The van der Waals surface area contributed by atoms with Crippen molar-refractivity contribution in [2.24, 2.45) is 0 Å². The van der Waals surface area contributed by atoms with Crippen molar-refractivity contribution in [2.75, 3.05) is 13.1 Å². The molecule has 2 aromatic heterocycles. The Balaban J connectivity index is 1.75.